The van der Waals surface area contributed by atoms with Crippen LogP contribution in [0.3, 0.4) is 0 Å². The first-order valence-electron chi connectivity index (χ1n) is 7.32. The van der Waals surface area contributed by atoms with Crippen LogP contribution in [-0.4, -0.2) is 22.4 Å². The molecule has 1 aliphatic rings. The van der Waals surface area contributed by atoms with E-state index in [1.807, 2.05) is 54.6 Å². The highest BCUT2D eigenvalue weighted by molar-refractivity contribution is 6.04. The fourth-order valence-corrected chi connectivity index (χ4v) is 2.29. The number of ether oxygens (including phenoxy) is 1. The Morgan fingerprint density at radius 1 is 1.22 bits per heavy atom. The van der Waals surface area contributed by atoms with Gasteiger partial charge in [0.25, 0.3) is 0 Å². The molecule has 3 rings (SSSR count). The van der Waals surface area contributed by atoms with Gasteiger partial charge in [0.15, 0.2) is 0 Å². The second-order valence-corrected chi connectivity index (χ2v) is 5.64. The second kappa shape index (κ2) is 6.12. The molecular weight excluding hydrogens is 294 g/mol. The van der Waals surface area contributed by atoms with Crippen LogP contribution in [0.25, 0.3) is 0 Å². The Morgan fingerprint density at radius 3 is 2.52 bits per heavy atom. The first-order valence-corrected chi connectivity index (χ1v) is 7.32. The van der Waals surface area contributed by atoms with Crippen molar-refractivity contribution in [2.75, 3.05) is 0 Å². The van der Waals surface area contributed by atoms with Crippen LogP contribution in [0, 0.1) is 0 Å². The van der Waals surface area contributed by atoms with Crippen LogP contribution in [0.2, 0.25) is 0 Å². The number of carboxylic acid groups (broad SMARTS) is 1. The Morgan fingerprint density at radius 2 is 1.91 bits per heavy atom. The molecule has 2 aromatic rings. The predicted molar refractivity (Wildman–Crippen MR) is 85.5 cm³/mol. The van der Waals surface area contributed by atoms with Crippen molar-refractivity contribution in [1.29, 1.82) is 0 Å². The van der Waals surface area contributed by atoms with E-state index < -0.39 is 11.6 Å². The van der Waals surface area contributed by atoms with Gasteiger partial charge in [0.1, 0.15) is 12.4 Å². The van der Waals surface area contributed by atoms with Gasteiger partial charge in [0.05, 0.1) is 5.71 Å². The summed E-state index contributed by atoms with van der Waals surface area (Å²) in [5.41, 5.74) is 1.28. The Balaban J connectivity index is 1.63. The lowest BCUT2D eigenvalue weighted by molar-refractivity contribution is -0.160. The van der Waals surface area contributed by atoms with Crippen molar-refractivity contribution in [1.82, 2.24) is 0 Å². The van der Waals surface area contributed by atoms with Crippen molar-refractivity contribution >= 4 is 11.7 Å². The van der Waals surface area contributed by atoms with E-state index in [1.165, 1.54) is 6.92 Å². The molecule has 0 aromatic heterocycles. The molecule has 0 unspecified atom stereocenters. The second-order valence-electron chi connectivity index (χ2n) is 5.64. The van der Waals surface area contributed by atoms with Gasteiger partial charge in [-0.1, -0.05) is 35.5 Å². The number of hydrogen-bond donors (Lipinski definition) is 1. The fraction of sp³-hybridized carbons (Fsp3) is 0.222. The van der Waals surface area contributed by atoms with Crippen LogP contribution < -0.4 is 4.74 Å². The van der Waals surface area contributed by atoms with Crippen molar-refractivity contribution < 1.29 is 19.5 Å². The first kappa shape index (κ1) is 15.1. The highest BCUT2D eigenvalue weighted by atomic mass is 16.7. The Kier molecular flexibility index (Phi) is 4.02. The van der Waals surface area contributed by atoms with Crippen molar-refractivity contribution in [3.63, 3.8) is 0 Å². The molecule has 0 spiro atoms. The van der Waals surface area contributed by atoms with Crippen molar-refractivity contribution in [3.8, 4) is 5.75 Å². The van der Waals surface area contributed by atoms with E-state index in [9.17, 15) is 4.79 Å². The highest BCUT2D eigenvalue weighted by Crippen LogP contribution is 2.27. The lowest BCUT2D eigenvalue weighted by Gasteiger charge is -2.14. The molecule has 5 heteroatoms. The SMILES string of the molecule is C[C@]1(C(=O)O)CC(c2ccc(OCc3ccccc3)cc2)=NO1. The molecule has 23 heavy (non-hydrogen) atoms. The summed E-state index contributed by atoms with van der Waals surface area (Å²) in [4.78, 5) is 16.2. The smallest absolute Gasteiger partial charge is 0.351 e. The van der Waals surface area contributed by atoms with Gasteiger partial charge in [-0.05, 0) is 42.3 Å². The van der Waals surface area contributed by atoms with Crippen LogP contribution in [0.15, 0.2) is 59.8 Å². The van der Waals surface area contributed by atoms with E-state index in [1.54, 1.807) is 0 Å². The van der Waals surface area contributed by atoms with E-state index >= 15 is 0 Å². The van der Waals surface area contributed by atoms with Gasteiger partial charge in [0, 0.05) is 6.42 Å². The average molecular weight is 311 g/mol. The molecule has 5 nitrogen and oxygen atoms in total. The van der Waals surface area contributed by atoms with Crippen LogP contribution in [-0.2, 0) is 16.2 Å². The van der Waals surface area contributed by atoms with Gasteiger partial charge < -0.3 is 14.7 Å². The maximum Gasteiger partial charge on any atom is 0.351 e. The number of oxime groups is 1. The topological polar surface area (TPSA) is 68.1 Å². The lowest BCUT2D eigenvalue weighted by Crippen LogP contribution is -2.35. The van der Waals surface area contributed by atoms with Gasteiger partial charge in [-0.3, -0.25) is 0 Å². The number of carboxylic acids is 1. The van der Waals surface area contributed by atoms with Crippen LogP contribution in [0.1, 0.15) is 24.5 Å². The monoisotopic (exact) mass is 311 g/mol. The Labute approximate surface area is 134 Å². The molecule has 0 radical (unpaired) electrons. The zero-order valence-electron chi connectivity index (χ0n) is 12.7. The predicted octanol–water partition coefficient (Wildman–Crippen LogP) is 3.23. The van der Waals surface area contributed by atoms with Gasteiger partial charge >= 0.3 is 5.97 Å². The zero-order chi connectivity index (χ0) is 16.3. The number of carbonyl (C=O) groups is 1. The van der Waals surface area contributed by atoms with Crippen LogP contribution >= 0.6 is 0 Å². The quantitative estimate of drug-likeness (QED) is 0.920. The molecule has 0 saturated heterocycles. The molecule has 118 valence electrons. The number of nitrogens with zero attached hydrogens (tertiary/aromatic N) is 1. The number of hydrogen-bond acceptors (Lipinski definition) is 4. The maximum atomic E-state index is 11.2. The maximum absolute atomic E-state index is 11.2. The summed E-state index contributed by atoms with van der Waals surface area (Å²) in [6.07, 6.45) is 0.243. The molecule has 1 aliphatic heterocycles. The van der Waals surface area contributed by atoms with Crippen molar-refractivity contribution in [2.45, 2.75) is 25.6 Å². The molecule has 1 atom stereocenters. The molecule has 0 bridgehead atoms. The number of rotatable bonds is 5. The summed E-state index contributed by atoms with van der Waals surface area (Å²) < 4.78 is 5.72. The third kappa shape index (κ3) is 3.34. The Hall–Kier alpha value is -2.82. The third-order valence-electron chi connectivity index (χ3n) is 3.75. The summed E-state index contributed by atoms with van der Waals surface area (Å²) in [5, 5.41) is 13.0. The van der Waals surface area contributed by atoms with E-state index in [4.69, 9.17) is 14.7 Å². The summed E-state index contributed by atoms with van der Waals surface area (Å²) in [6.45, 7) is 2.02. The molecule has 1 heterocycles. The number of benzene rings is 2. The van der Waals surface area contributed by atoms with E-state index in [0.29, 0.717) is 12.3 Å². The Bertz CT molecular complexity index is 724. The molecule has 0 amide bonds. The van der Waals surface area contributed by atoms with Gasteiger partial charge in [-0.2, -0.15) is 0 Å². The first-order chi connectivity index (χ1) is 11.1. The standard InChI is InChI=1S/C18H17NO4/c1-18(17(20)21)11-16(19-23-18)14-7-9-15(10-8-14)22-12-13-5-3-2-4-6-13/h2-10H,11-12H2,1H3,(H,20,21)/t18-/m1/s1. The van der Waals surface area contributed by atoms with Crippen LogP contribution in [0.4, 0.5) is 0 Å². The highest BCUT2D eigenvalue weighted by Gasteiger charge is 2.42. The van der Waals surface area contributed by atoms with E-state index in [-0.39, 0.29) is 6.42 Å². The minimum Gasteiger partial charge on any atom is -0.489 e. The van der Waals surface area contributed by atoms with Gasteiger partial charge in [-0.25, -0.2) is 4.79 Å². The van der Waals surface area contributed by atoms with E-state index in [0.717, 1.165) is 16.9 Å². The summed E-state index contributed by atoms with van der Waals surface area (Å²) in [5.74, 6) is -0.267. The van der Waals surface area contributed by atoms with Gasteiger partial charge in [-0.15, -0.1) is 0 Å². The summed E-state index contributed by atoms with van der Waals surface area (Å²) in [6, 6.07) is 17.3. The van der Waals surface area contributed by atoms with Gasteiger partial charge in [0.2, 0.25) is 5.60 Å². The molecule has 1 N–H and O–H groups in total. The van der Waals surface area contributed by atoms with E-state index in [2.05, 4.69) is 5.16 Å². The summed E-state index contributed by atoms with van der Waals surface area (Å²) >= 11 is 0. The molecule has 0 saturated carbocycles. The minimum atomic E-state index is -1.28. The minimum absolute atomic E-state index is 0.243. The largest absolute Gasteiger partial charge is 0.489 e. The van der Waals surface area contributed by atoms with Crippen LogP contribution in [0.5, 0.6) is 5.75 Å². The molecular formula is C18H17NO4. The third-order valence-corrected chi connectivity index (χ3v) is 3.75. The fourth-order valence-electron chi connectivity index (χ4n) is 2.29. The van der Waals surface area contributed by atoms with Crippen molar-refractivity contribution in [2.24, 2.45) is 5.16 Å². The van der Waals surface area contributed by atoms with Crippen molar-refractivity contribution in [3.05, 3.63) is 65.7 Å². The lowest BCUT2D eigenvalue weighted by atomic mass is 9.96. The molecule has 2 aromatic carbocycles. The molecule has 0 aliphatic carbocycles. The average Bonchev–Trinajstić information content (AvgIpc) is 2.98. The normalized spacial score (nSPS) is 19.8. The zero-order valence-corrected chi connectivity index (χ0v) is 12.7. The number of aliphatic carboxylic acids is 1. The molecule has 0 fully saturated rings. The summed E-state index contributed by atoms with van der Waals surface area (Å²) in [7, 11) is 0.